The molecule has 112 valence electrons. The predicted molar refractivity (Wildman–Crippen MR) is 78.9 cm³/mol. The molecule has 0 unspecified atom stereocenters. The molecule has 21 heavy (non-hydrogen) atoms. The highest BCUT2D eigenvalue weighted by molar-refractivity contribution is 7.17. The summed E-state index contributed by atoms with van der Waals surface area (Å²) < 4.78 is 1.25. The van der Waals surface area contributed by atoms with Crippen molar-refractivity contribution in [2.75, 3.05) is 7.05 Å². The molecule has 0 aliphatic heterocycles. The Morgan fingerprint density at radius 1 is 1.48 bits per heavy atom. The first kappa shape index (κ1) is 15.2. The number of hydrogen-bond acceptors (Lipinski definition) is 5. The third-order valence-electron chi connectivity index (χ3n) is 3.06. The van der Waals surface area contributed by atoms with E-state index in [2.05, 4.69) is 10.3 Å². The van der Waals surface area contributed by atoms with Gasteiger partial charge in [0.1, 0.15) is 17.2 Å². The Kier molecular flexibility index (Phi) is 4.37. The van der Waals surface area contributed by atoms with Crippen LogP contribution in [-0.2, 0) is 17.8 Å². The fraction of sp³-hybridized carbons (Fsp3) is 0.385. The molecule has 2 aromatic heterocycles. The van der Waals surface area contributed by atoms with E-state index in [9.17, 15) is 14.4 Å². The van der Waals surface area contributed by atoms with Crippen molar-refractivity contribution in [2.45, 2.75) is 26.3 Å². The van der Waals surface area contributed by atoms with Crippen LogP contribution in [0.25, 0.3) is 10.2 Å². The molecule has 2 aromatic rings. The molecule has 8 heteroatoms. The lowest BCUT2D eigenvalue weighted by Crippen LogP contribution is -2.33. The molecular weight excluding hydrogens is 294 g/mol. The molecule has 2 rings (SSSR count). The normalized spacial score (nSPS) is 10.8. The van der Waals surface area contributed by atoms with Gasteiger partial charge in [-0.3, -0.25) is 14.2 Å². The number of aromatic carboxylic acids is 1. The fourth-order valence-corrected chi connectivity index (χ4v) is 2.95. The highest BCUT2D eigenvalue weighted by Crippen LogP contribution is 2.22. The third kappa shape index (κ3) is 2.80. The van der Waals surface area contributed by atoms with E-state index in [0.717, 1.165) is 17.8 Å². The first-order valence-corrected chi connectivity index (χ1v) is 7.32. The zero-order valence-corrected chi connectivity index (χ0v) is 12.5. The van der Waals surface area contributed by atoms with Crippen molar-refractivity contribution in [3.8, 4) is 0 Å². The number of thiophene rings is 1. The molecule has 2 heterocycles. The van der Waals surface area contributed by atoms with E-state index in [1.54, 1.807) is 0 Å². The number of aromatic nitrogens is 2. The van der Waals surface area contributed by atoms with E-state index in [1.165, 1.54) is 17.0 Å². The topological polar surface area (TPSA) is 101 Å². The number of aryl methyl sites for hydroxylation is 1. The Bertz CT molecular complexity index is 763. The van der Waals surface area contributed by atoms with Crippen molar-refractivity contribution in [3.05, 3.63) is 27.1 Å². The minimum atomic E-state index is -1.17. The number of amides is 1. The quantitative estimate of drug-likeness (QED) is 0.853. The van der Waals surface area contributed by atoms with Gasteiger partial charge >= 0.3 is 5.97 Å². The molecule has 0 atom stereocenters. The van der Waals surface area contributed by atoms with Gasteiger partial charge in [-0.05, 0) is 6.42 Å². The van der Waals surface area contributed by atoms with Gasteiger partial charge in [-0.25, -0.2) is 9.78 Å². The maximum absolute atomic E-state index is 12.5. The van der Waals surface area contributed by atoms with Crippen LogP contribution in [0.3, 0.4) is 0 Å². The van der Waals surface area contributed by atoms with Gasteiger partial charge in [0, 0.05) is 18.8 Å². The van der Waals surface area contributed by atoms with E-state index in [-0.39, 0.29) is 23.4 Å². The highest BCUT2D eigenvalue weighted by atomic mass is 32.1. The van der Waals surface area contributed by atoms with Crippen LogP contribution >= 0.6 is 11.3 Å². The van der Waals surface area contributed by atoms with Crippen LogP contribution in [0.5, 0.6) is 0 Å². The van der Waals surface area contributed by atoms with Crippen molar-refractivity contribution in [3.63, 3.8) is 0 Å². The van der Waals surface area contributed by atoms with Crippen molar-refractivity contribution < 1.29 is 14.7 Å². The van der Waals surface area contributed by atoms with E-state index in [0.29, 0.717) is 17.1 Å². The number of carboxylic acid groups (broad SMARTS) is 1. The molecular formula is C13H15N3O4S. The van der Waals surface area contributed by atoms with Gasteiger partial charge in [-0.2, -0.15) is 0 Å². The SMILES string of the molecule is CCCc1nc2scc(C(=O)O)c2c(=O)n1CC(=O)NC. The highest BCUT2D eigenvalue weighted by Gasteiger charge is 2.20. The number of carbonyl (C=O) groups is 2. The monoisotopic (exact) mass is 309 g/mol. The number of fused-ring (bicyclic) bond motifs is 1. The molecule has 0 saturated heterocycles. The lowest BCUT2D eigenvalue weighted by Gasteiger charge is -2.11. The molecule has 7 nitrogen and oxygen atoms in total. The molecule has 0 aliphatic rings. The van der Waals surface area contributed by atoms with Crippen LogP contribution < -0.4 is 10.9 Å². The Balaban J connectivity index is 2.72. The van der Waals surface area contributed by atoms with Crippen LogP contribution in [0.1, 0.15) is 29.5 Å². The smallest absolute Gasteiger partial charge is 0.337 e. The summed E-state index contributed by atoms with van der Waals surface area (Å²) in [5, 5.41) is 13.1. The summed E-state index contributed by atoms with van der Waals surface area (Å²) in [6.45, 7) is 1.78. The van der Waals surface area contributed by atoms with Crippen LogP contribution in [-0.4, -0.2) is 33.6 Å². The first-order valence-electron chi connectivity index (χ1n) is 6.44. The molecule has 0 saturated carbocycles. The standard InChI is InChI=1S/C13H15N3O4S/c1-3-4-8-15-11-10(7(6-21-11)13(19)20)12(18)16(8)5-9(17)14-2/h6H,3-5H2,1-2H3,(H,14,17)(H,19,20). The second kappa shape index (κ2) is 6.04. The largest absolute Gasteiger partial charge is 0.478 e. The maximum Gasteiger partial charge on any atom is 0.337 e. The molecule has 0 radical (unpaired) electrons. The Morgan fingerprint density at radius 3 is 2.76 bits per heavy atom. The van der Waals surface area contributed by atoms with Crippen molar-refractivity contribution >= 4 is 33.4 Å². The van der Waals surface area contributed by atoms with E-state index >= 15 is 0 Å². The lowest BCUT2D eigenvalue weighted by atomic mass is 10.2. The number of likely N-dealkylation sites (N-methyl/N-ethyl adjacent to an activating group) is 1. The summed E-state index contributed by atoms with van der Waals surface area (Å²) in [6, 6.07) is 0. The first-order chi connectivity index (χ1) is 9.99. The Labute approximate surface area is 124 Å². The van der Waals surface area contributed by atoms with Crippen molar-refractivity contribution in [1.29, 1.82) is 0 Å². The van der Waals surface area contributed by atoms with Gasteiger partial charge < -0.3 is 10.4 Å². The summed E-state index contributed by atoms with van der Waals surface area (Å²) in [4.78, 5) is 40.1. The Hall–Kier alpha value is -2.22. The zero-order chi connectivity index (χ0) is 15.6. The molecule has 2 N–H and O–H groups in total. The van der Waals surface area contributed by atoms with Crippen molar-refractivity contribution in [1.82, 2.24) is 14.9 Å². The molecule has 0 spiro atoms. The minimum absolute atomic E-state index is 0.0660. The van der Waals surface area contributed by atoms with E-state index in [1.807, 2.05) is 6.92 Å². The molecule has 1 amide bonds. The second-order valence-corrected chi connectivity index (χ2v) is 5.34. The fourth-order valence-electron chi connectivity index (χ4n) is 2.02. The van der Waals surface area contributed by atoms with Gasteiger partial charge in [0.15, 0.2) is 0 Å². The van der Waals surface area contributed by atoms with Gasteiger partial charge in [0.05, 0.1) is 10.9 Å². The van der Waals surface area contributed by atoms with Crippen LogP contribution in [0.15, 0.2) is 10.2 Å². The number of carboxylic acids is 1. The maximum atomic E-state index is 12.5. The third-order valence-corrected chi connectivity index (χ3v) is 3.93. The van der Waals surface area contributed by atoms with Crippen molar-refractivity contribution in [2.24, 2.45) is 0 Å². The molecule has 0 aromatic carbocycles. The average Bonchev–Trinajstić information content (AvgIpc) is 2.87. The Morgan fingerprint density at radius 2 is 2.19 bits per heavy atom. The second-order valence-electron chi connectivity index (χ2n) is 4.48. The van der Waals surface area contributed by atoms with Gasteiger partial charge in [-0.1, -0.05) is 6.92 Å². The number of nitrogens with zero attached hydrogens (tertiary/aromatic N) is 2. The lowest BCUT2D eigenvalue weighted by molar-refractivity contribution is -0.121. The molecule has 0 bridgehead atoms. The average molecular weight is 309 g/mol. The van der Waals surface area contributed by atoms with Crippen LogP contribution in [0, 0.1) is 0 Å². The van der Waals surface area contributed by atoms with E-state index in [4.69, 9.17) is 5.11 Å². The summed E-state index contributed by atoms with van der Waals surface area (Å²) in [5.41, 5.74) is -0.549. The van der Waals surface area contributed by atoms with Gasteiger partial charge in [0.2, 0.25) is 5.91 Å². The number of rotatable bonds is 5. The molecule has 0 fully saturated rings. The number of carbonyl (C=O) groups excluding carboxylic acids is 1. The number of nitrogens with one attached hydrogen (secondary N) is 1. The summed E-state index contributed by atoms with van der Waals surface area (Å²) in [7, 11) is 1.48. The zero-order valence-electron chi connectivity index (χ0n) is 11.7. The van der Waals surface area contributed by atoms with Gasteiger partial charge in [0.25, 0.3) is 5.56 Å². The minimum Gasteiger partial charge on any atom is -0.478 e. The van der Waals surface area contributed by atoms with Crippen LogP contribution in [0.2, 0.25) is 0 Å². The molecule has 0 aliphatic carbocycles. The summed E-state index contributed by atoms with van der Waals surface area (Å²) in [6.07, 6.45) is 1.31. The predicted octanol–water partition coefficient (Wildman–Crippen LogP) is 0.855. The van der Waals surface area contributed by atoms with E-state index < -0.39 is 11.5 Å². The number of hydrogen-bond donors (Lipinski definition) is 2. The summed E-state index contributed by atoms with van der Waals surface area (Å²) >= 11 is 1.12. The van der Waals surface area contributed by atoms with Crippen LogP contribution in [0.4, 0.5) is 0 Å². The summed E-state index contributed by atoms with van der Waals surface area (Å²) in [5.74, 6) is -1.00. The van der Waals surface area contributed by atoms with Gasteiger partial charge in [-0.15, -0.1) is 11.3 Å².